The first-order valence-corrected chi connectivity index (χ1v) is 6.37. The summed E-state index contributed by atoms with van der Waals surface area (Å²) in [5.41, 5.74) is 9.04. The van der Waals surface area contributed by atoms with Crippen molar-refractivity contribution in [2.75, 3.05) is 11.4 Å². The average molecular weight is 265 g/mol. The smallest absolute Gasteiger partial charge is 0.112 e. The SMILES string of the molecule is NC1=CC=C(O)CN1c1cccc(-c2cccnc2)c1. The summed E-state index contributed by atoms with van der Waals surface area (Å²) in [5.74, 6) is 0.914. The lowest BCUT2D eigenvalue weighted by Crippen LogP contribution is -2.31. The summed E-state index contributed by atoms with van der Waals surface area (Å²) in [6.07, 6.45) is 6.90. The summed E-state index contributed by atoms with van der Waals surface area (Å²) in [5, 5.41) is 9.65. The summed E-state index contributed by atoms with van der Waals surface area (Å²) < 4.78 is 0. The predicted octanol–water partition coefficient (Wildman–Crippen LogP) is 2.81. The average Bonchev–Trinajstić information content (AvgIpc) is 2.51. The summed E-state index contributed by atoms with van der Waals surface area (Å²) in [6, 6.07) is 11.9. The Bertz CT molecular complexity index is 677. The molecule has 1 aromatic carbocycles. The zero-order valence-electron chi connectivity index (χ0n) is 10.9. The van der Waals surface area contributed by atoms with E-state index in [4.69, 9.17) is 5.73 Å². The minimum atomic E-state index is 0.297. The number of anilines is 1. The molecule has 0 saturated carbocycles. The Kier molecular flexibility index (Phi) is 3.13. The third-order valence-electron chi connectivity index (χ3n) is 3.23. The monoisotopic (exact) mass is 265 g/mol. The van der Waals surface area contributed by atoms with E-state index in [1.54, 1.807) is 18.3 Å². The van der Waals surface area contributed by atoms with Crippen LogP contribution in [0.5, 0.6) is 0 Å². The van der Waals surface area contributed by atoms with Crippen LogP contribution in [0.2, 0.25) is 0 Å². The van der Waals surface area contributed by atoms with E-state index in [1.807, 2.05) is 47.5 Å². The van der Waals surface area contributed by atoms with Crippen molar-refractivity contribution < 1.29 is 5.11 Å². The molecule has 4 nitrogen and oxygen atoms in total. The molecule has 0 radical (unpaired) electrons. The minimum absolute atomic E-state index is 0.297. The van der Waals surface area contributed by atoms with Crippen molar-refractivity contribution in [2.45, 2.75) is 0 Å². The Morgan fingerprint density at radius 3 is 2.75 bits per heavy atom. The van der Waals surface area contributed by atoms with Crippen LogP contribution in [0.4, 0.5) is 5.69 Å². The molecule has 1 aliphatic rings. The Morgan fingerprint density at radius 2 is 1.95 bits per heavy atom. The van der Waals surface area contributed by atoms with E-state index in [1.165, 1.54) is 0 Å². The number of nitrogens with zero attached hydrogens (tertiary/aromatic N) is 2. The molecule has 0 atom stereocenters. The number of allylic oxidation sites excluding steroid dienone is 2. The first kappa shape index (κ1) is 12.3. The van der Waals surface area contributed by atoms with Crippen molar-refractivity contribution >= 4 is 5.69 Å². The van der Waals surface area contributed by atoms with Gasteiger partial charge in [0.25, 0.3) is 0 Å². The minimum Gasteiger partial charge on any atom is -0.510 e. The first-order chi connectivity index (χ1) is 9.74. The third kappa shape index (κ3) is 2.36. The number of hydrogen-bond donors (Lipinski definition) is 2. The van der Waals surface area contributed by atoms with Gasteiger partial charge >= 0.3 is 0 Å². The molecule has 0 unspecified atom stereocenters. The van der Waals surface area contributed by atoms with Gasteiger partial charge in [0.1, 0.15) is 11.6 Å². The van der Waals surface area contributed by atoms with Crippen molar-refractivity contribution in [2.24, 2.45) is 5.73 Å². The molecule has 0 fully saturated rings. The first-order valence-electron chi connectivity index (χ1n) is 6.37. The fraction of sp³-hybridized carbons (Fsp3) is 0.0625. The standard InChI is InChI=1S/C16H15N3O/c17-16-7-6-15(20)11-19(16)14-5-1-3-12(9-14)13-4-2-8-18-10-13/h1-10,20H,11,17H2. The van der Waals surface area contributed by atoms with Gasteiger partial charge in [0.2, 0.25) is 0 Å². The molecule has 3 rings (SSSR count). The summed E-state index contributed by atoms with van der Waals surface area (Å²) in [4.78, 5) is 6.00. The molecule has 0 bridgehead atoms. The maximum absolute atomic E-state index is 9.65. The third-order valence-corrected chi connectivity index (χ3v) is 3.23. The quantitative estimate of drug-likeness (QED) is 0.876. The zero-order chi connectivity index (χ0) is 13.9. The van der Waals surface area contributed by atoms with Crippen LogP contribution in [0.1, 0.15) is 0 Å². The van der Waals surface area contributed by atoms with Crippen molar-refractivity contribution in [3.63, 3.8) is 0 Å². The molecule has 0 saturated heterocycles. The van der Waals surface area contributed by atoms with E-state index in [2.05, 4.69) is 4.98 Å². The topological polar surface area (TPSA) is 62.4 Å². The van der Waals surface area contributed by atoms with E-state index < -0.39 is 0 Å². The van der Waals surface area contributed by atoms with Gasteiger partial charge in [-0.3, -0.25) is 4.98 Å². The fourth-order valence-electron chi connectivity index (χ4n) is 2.20. The maximum Gasteiger partial charge on any atom is 0.112 e. The molecule has 2 aromatic rings. The van der Waals surface area contributed by atoms with Gasteiger partial charge in [0.05, 0.1) is 6.54 Å². The molecule has 0 aliphatic carbocycles. The van der Waals surface area contributed by atoms with Gasteiger partial charge in [-0.15, -0.1) is 0 Å². The normalized spacial score (nSPS) is 14.7. The number of hydrogen-bond acceptors (Lipinski definition) is 4. The van der Waals surface area contributed by atoms with Gasteiger partial charge in [-0.05, 0) is 35.9 Å². The second-order valence-corrected chi connectivity index (χ2v) is 4.63. The van der Waals surface area contributed by atoms with E-state index in [0.29, 0.717) is 18.1 Å². The van der Waals surface area contributed by atoms with E-state index >= 15 is 0 Å². The van der Waals surface area contributed by atoms with Gasteiger partial charge < -0.3 is 15.7 Å². The van der Waals surface area contributed by atoms with E-state index in [0.717, 1.165) is 16.8 Å². The number of aromatic nitrogens is 1. The molecule has 3 N–H and O–H groups in total. The van der Waals surface area contributed by atoms with Crippen LogP contribution in [0.25, 0.3) is 11.1 Å². The highest BCUT2D eigenvalue weighted by molar-refractivity contribution is 5.69. The lowest BCUT2D eigenvalue weighted by molar-refractivity contribution is 0.399. The fourth-order valence-corrected chi connectivity index (χ4v) is 2.20. The number of aliphatic hydroxyl groups is 1. The van der Waals surface area contributed by atoms with Gasteiger partial charge in [0, 0.05) is 23.6 Å². The van der Waals surface area contributed by atoms with Crippen LogP contribution in [0.15, 0.2) is 72.5 Å². The number of rotatable bonds is 2. The number of pyridine rings is 1. The molecule has 0 amide bonds. The summed E-state index contributed by atoms with van der Waals surface area (Å²) >= 11 is 0. The van der Waals surface area contributed by atoms with E-state index in [9.17, 15) is 5.11 Å². The largest absolute Gasteiger partial charge is 0.510 e. The number of nitrogens with two attached hydrogens (primary N) is 1. The van der Waals surface area contributed by atoms with Crippen LogP contribution in [0.3, 0.4) is 0 Å². The lowest BCUT2D eigenvalue weighted by atomic mass is 10.1. The van der Waals surface area contributed by atoms with Crippen LogP contribution in [-0.2, 0) is 0 Å². The van der Waals surface area contributed by atoms with Crippen molar-refractivity contribution in [1.29, 1.82) is 0 Å². The Morgan fingerprint density at radius 1 is 1.10 bits per heavy atom. The van der Waals surface area contributed by atoms with Crippen LogP contribution in [0, 0.1) is 0 Å². The van der Waals surface area contributed by atoms with Gasteiger partial charge in [-0.2, -0.15) is 0 Å². The molecular formula is C16H15N3O. The highest BCUT2D eigenvalue weighted by Gasteiger charge is 2.14. The van der Waals surface area contributed by atoms with Gasteiger partial charge in [-0.25, -0.2) is 0 Å². The zero-order valence-corrected chi connectivity index (χ0v) is 10.9. The Labute approximate surface area is 117 Å². The van der Waals surface area contributed by atoms with Crippen molar-refractivity contribution in [3.8, 4) is 11.1 Å². The summed E-state index contributed by atoms with van der Waals surface area (Å²) in [7, 11) is 0. The van der Waals surface area contributed by atoms with Crippen LogP contribution >= 0.6 is 0 Å². The van der Waals surface area contributed by atoms with E-state index in [-0.39, 0.29) is 0 Å². The Hall–Kier alpha value is -2.75. The molecule has 100 valence electrons. The van der Waals surface area contributed by atoms with Crippen LogP contribution < -0.4 is 10.6 Å². The highest BCUT2D eigenvalue weighted by Crippen LogP contribution is 2.26. The van der Waals surface area contributed by atoms with Gasteiger partial charge in [-0.1, -0.05) is 18.2 Å². The molecule has 20 heavy (non-hydrogen) atoms. The molecule has 1 aliphatic heterocycles. The molecule has 2 heterocycles. The van der Waals surface area contributed by atoms with Crippen LogP contribution in [-0.4, -0.2) is 16.6 Å². The molecule has 4 heteroatoms. The number of aliphatic hydroxyl groups excluding tert-OH is 1. The molecule has 1 aromatic heterocycles. The maximum atomic E-state index is 9.65. The lowest BCUT2D eigenvalue weighted by Gasteiger charge is -2.27. The second-order valence-electron chi connectivity index (χ2n) is 4.63. The molecular weight excluding hydrogens is 250 g/mol. The summed E-state index contributed by atoms with van der Waals surface area (Å²) in [6.45, 7) is 0.388. The van der Waals surface area contributed by atoms with Gasteiger partial charge in [0.15, 0.2) is 0 Å². The second kappa shape index (κ2) is 5.09. The van der Waals surface area contributed by atoms with Crippen molar-refractivity contribution in [1.82, 2.24) is 4.98 Å². The van der Waals surface area contributed by atoms with Crippen molar-refractivity contribution in [3.05, 3.63) is 72.5 Å². The number of benzene rings is 1. The highest BCUT2D eigenvalue weighted by atomic mass is 16.3. The Balaban J connectivity index is 1.97. The molecule has 0 spiro atoms. The predicted molar refractivity (Wildman–Crippen MR) is 80.0 cm³/mol.